The van der Waals surface area contributed by atoms with Gasteiger partial charge in [-0.15, -0.1) is 0 Å². The number of hydrogen-bond acceptors (Lipinski definition) is 4. The van der Waals surface area contributed by atoms with E-state index in [9.17, 15) is 20.0 Å². The fourth-order valence-electron chi connectivity index (χ4n) is 2.66. The van der Waals surface area contributed by atoms with Crippen LogP contribution in [0.25, 0.3) is 0 Å². The van der Waals surface area contributed by atoms with Crippen molar-refractivity contribution in [2.45, 2.75) is 44.6 Å². The number of benzene rings is 1. The monoisotopic (exact) mass is 278 g/mol. The third-order valence-corrected chi connectivity index (χ3v) is 3.80. The smallest absolute Gasteiger partial charge is 0.274 e. The maximum atomic E-state index is 12.0. The van der Waals surface area contributed by atoms with E-state index in [1.165, 1.54) is 12.1 Å². The van der Waals surface area contributed by atoms with Crippen LogP contribution in [0.1, 0.15) is 37.7 Å². The fourth-order valence-corrected chi connectivity index (χ4v) is 2.66. The maximum Gasteiger partial charge on any atom is 0.274 e. The Morgan fingerprint density at radius 3 is 2.70 bits per heavy atom. The van der Waals surface area contributed by atoms with Gasteiger partial charge in [0.2, 0.25) is 5.91 Å². The topological polar surface area (TPSA) is 92.5 Å². The van der Waals surface area contributed by atoms with Crippen molar-refractivity contribution in [3.8, 4) is 0 Å². The Balaban J connectivity index is 2.08. The first-order valence-corrected chi connectivity index (χ1v) is 6.67. The van der Waals surface area contributed by atoms with Crippen molar-refractivity contribution in [2.24, 2.45) is 0 Å². The van der Waals surface area contributed by atoms with Gasteiger partial charge < -0.3 is 10.4 Å². The largest absolute Gasteiger partial charge is 0.389 e. The van der Waals surface area contributed by atoms with Crippen LogP contribution in [0.15, 0.2) is 18.2 Å². The summed E-state index contributed by atoms with van der Waals surface area (Å²) in [4.78, 5) is 22.3. The zero-order valence-corrected chi connectivity index (χ0v) is 11.4. The molecule has 1 saturated carbocycles. The van der Waals surface area contributed by atoms with Crippen LogP contribution in [-0.2, 0) is 4.79 Å². The molecular formula is C14H18N2O4. The van der Waals surface area contributed by atoms with E-state index >= 15 is 0 Å². The quantitative estimate of drug-likeness (QED) is 0.653. The van der Waals surface area contributed by atoms with E-state index in [0.717, 1.165) is 12.8 Å². The van der Waals surface area contributed by atoms with Crippen molar-refractivity contribution in [2.75, 3.05) is 5.32 Å². The summed E-state index contributed by atoms with van der Waals surface area (Å²) in [6.07, 6.45) is 3.16. The molecule has 6 heteroatoms. The van der Waals surface area contributed by atoms with E-state index < -0.39 is 10.5 Å². The lowest BCUT2D eigenvalue weighted by Crippen LogP contribution is -2.30. The van der Waals surface area contributed by atoms with Crippen LogP contribution in [0, 0.1) is 17.0 Å². The average molecular weight is 278 g/mol. The molecule has 6 nitrogen and oxygen atoms in total. The molecule has 108 valence electrons. The van der Waals surface area contributed by atoms with Crippen molar-refractivity contribution >= 4 is 17.3 Å². The molecule has 1 fully saturated rings. The molecule has 0 spiro atoms. The van der Waals surface area contributed by atoms with Crippen LogP contribution in [-0.4, -0.2) is 21.5 Å². The second-order valence-corrected chi connectivity index (χ2v) is 5.36. The molecule has 1 aliphatic rings. The highest BCUT2D eigenvalue weighted by Gasteiger charge is 2.33. The molecule has 0 radical (unpaired) electrons. The van der Waals surface area contributed by atoms with Gasteiger partial charge in [0.05, 0.1) is 28.2 Å². The molecule has 1 aromatic rings. The third kappa shape index (κ3) is 3.14. The highest BCUT2D eigenvalue weighted by atomic mass is 16.6. The maximum absolute atomic E-state index is 12.0. The SMILES string of the molecule is Cc1c(NC(=O)CC2(O)CCCC2)cccc1[N+](=O)[O-]. The molecule has 0 heterocycles. The van der Waals surface area contributed by atoms with Gasteiger partial charge in [0.1, 0.15) is 0 Å². The molecule has 0 aliphatic heterocycles. The number of carbonyl (C=O) groups excluding carboxylic acids is 1. The summed E-state index contributed by atoms with van der Waals surface area (Å²) in [5.74, 6) is -0.307. The summed E-state index contributed by atoms with van der Waals surface area (Å²) in [5, 5.41) is 23.7. The zero-order valence-electron chi connectivity index (χ0n) is 11.4. The predicted molar refractivity (Wildman–Crippen MR) is 74.5 cm³/mol. The lowest BCUT2D eigenvalue weighted by Gasteiger charge is -2.21. The fraction of sp³-hybridized carbons (Fsp3) is 0.500. The molecule has 0 saturated heterocycles. The summed E-state index contributed by atoms with van der Waals surface area (Å²) in [6.45, 7) is 1.60. The van der Waals surface area contributed by atoms with Crippen molar-refractivity contribution in [1.29, 1.82) is 0 Å². The van der Waals surface area contributed by atoms with Crippen LogP contribution in [0.4, 0.5) is 11.4 Å². The molecule has 2 N–H and O–H groups in total. The molecule has 20 heavy (non-hydrogen) atoms. The first-order chi connectivity index (χ1) is 9.41. The molecular weight excluding hydrogens is 260 g/mol. The van der Waals surface area contributed by atoms with Gasteiger partial charge in [-0.25, -0.2) is 0 Å². The zero-order chi connectivity index (χ0) is 14.8. The van der Waals surface area contributed by atoms with Crippen molar-refractivity contribution in [1.82, 2.24) is 0 Å². The summed E-state index contributed by atoms with van der Waals surface area (Å²) < 4.78 is 0. The van der Waals surface area contributed by atoms with Crippen LogP contribution in [0.5, 0.6) is 0 Å². The molecule has 1 aromatic carbocycles. The first kappa shape index (κ1) is 14.5. The van der Waals surface area contributed by atoms with E-state index in [-0.39, 0.29) is 18.0 Å². The van der Waals surface area contributed by atoms with E-state index in [2.05, 4.69) is 5.32 Å². The molecule has 2 rings (SSSR count). The second kappa shape index (κ2) is 5.58. The summed E-state index contributed by atoms with van der Waals surface area (Å²) in [6, 6.07) is 4.56. The highest BCUT2D eigenvalue weighted by Crippen LogP contribution is 2.33. The van der Waals surface area contributed by atoms with Gasteiger partial charge in [-0.1, -0.05) is 18.9 Å². The number of nitro groups is 1. The Hall–Kier alpha value is -1.95. The van der Waals surface area contributed by atoms with E-state index in [1.54, 1.807) is 13.0 Å². The Labute approximate surface area is 117 Å². The number of aliphatic hydroxyl groups is 1. The van der Waals surface area contributed by atoms with Gasteiger partial charge in [-0.3, -0.25) is 14.9 Å². The minimum atomic E-state index is -0.918. The molecule has 0 bridgehead atoms. The van der Waals surface area contributed by atoms with Crippen LogP contribution in [0.2, 0.25) is 0 Å². The first-order valence-electron chi connectivity index (χ1n) is 6.67. The number of nitrogens with one attached hydrogen (secondary N) is 1. The normalized spacial score (nSPS) is 16.9. The number of anilines is 1. The van der Waals surface area contributed by atoms with Gasteiger partial charge in [0.25, 0.3) is 5.69 Å². The van der Waals surface area contributed by atoms with Gasteiger partial charge in [-0.2, -0.15) is 0 Å². The Bertz CT molecular complexity index is 536. The van der Waals surface area contributed by atoms with Gasteiger partial charge in [-0.05, 0) is 25.8 Å². The van der Waals surface area contributed by atoms with Crippen LogP contribution >= 0.6 is 0 Å². The number of amides is 1. The highest BCUT2D eigenvalue weighted by molar-refractivity contribution is 5.92. The van der Waals surface area contributed by atoms with E-state index in [1.807, 2.05) is 0 Å². The number of nitrogens with zero attached hydrogens (tertiary/aromatic N) is 1. The Kier molecular flexibility index (Phi) is 4.04. The Morgan fingerprint density at radius 2 is 2.10 bits per heavy atom. The summed E-state index contributed by atoms with van der Waals surface area (Å²) in [5.41, 5.74) is -0.101. The molecule has 0 aromatic heterocycles. The van der Waals surface area contributed by atoms with Gasteiger partial charge in [0.15, 0.2) is 0 Å². The molecule has 1 amide bonds. The number of carbonyl (C=O) groups is 1. The third-order valence-electron chi connectivity index (χ3n) is 3.80. The van der Waals surface area contributed by atoms with Crippen molar-refractivity contribution in [3.63, 3.8) is 0 Å². The van der Waals surface area contributed by atoms with Crippen LogP contribution < -0.4 is 5.32 Å². The molecule has 1 aliphatic carbocycles. The average Bonchev–Trinajstić information content (AvgIpc) is 2.77. The van der Waals surface area contributed by atoms with Gasteiger partial charge >= 0.3 is 0 Å². The van der Waals surface area contributed by atoms with Gasteiger partial charge in [0, 0.05) is 6.07 Å². The standard InChI is InChI=1S/C14H18N2O4/c1-10-11(5-4-6-12(10)16(19)20)15-13(17)9-14(18)7-2-3-8-14/h4-6,18H,2-3,7-9H2,1H3,(H,15,17). The lowest BCUT2D eigenvalue weighted by molar-refractivity contribution is -0.385. The lowest BCUT2D eigenvalue weighted by atomic mass is 9.97. The van der Waals surface area contributed by atoms with E-state index in [4.69, 9.17) is 0 Å². The van der Waals surface area contributed by atoms with Crippen LogP contribution in [0.3, 0.4) is 0 Å². The predicted octanol–water partition coefficient (Wildman–Crippen LogP) is 2.54. The van der Waals surface area contributed by atoms with Crippen molar-refractivity contribution < 1.29 is 14.8 Å². The number of rotatable bonds is 4. The second-order valence-electron chi connectivity index (χ2n) is 5.36. The molecule has 0 unspecified atom stereocenters. The summed E-state index contributed by atoms with van der Waals surface area (Å²) in [7, 11) is 0. The van der Waals surface area contributed by atoms with E-state index in [0.29, 0.717) is 24.1 Å². The van der Waals surface area contributed by atoms with Crippen molar-refractivity contribution in [3.05, 3.63) is 33.9 Å². The number of hydrogen-bond donors (Lipinski definition) is 2. The Morgan fingerprint density at radius 1 is 1.45 bits per heavy atom. The summed E-state index contributed by atoms with van der Waals surface area (Å²) >= 11 is 0. The minimum absolute atomic E-state index is 0.0256. The minimum Gasteiger partial charge on any atom is -0.389 e. The number of nitro benzene ring substituents is 1. The molecule has 0 atom stereocenters.